The van der Waals surface area contributed by atoms with E-state index in [0.717, 1.165) is 50.1 Å². The summed E-state index contributed by atoms with van der Waals surface area (Å²) in [6, 6.07) is 73.2. The van der Waals surface area contributed by atoms with Crippen LogP contribution in [0.25, 0.3) is 55.3 Å². The van der Waals surface area contributed by atoms with E-state index >= 15 is 0 Å². The molecule has 1 aliphatic heterocycles. The zero-order chi connectivity index (χ0) is 38.7. The number of benzene rings is 8. The number of ether oxygens (including phenoxy) is 1. The Morgan fingerprint density at radius 1 is 0.339 bits per heavy atom. The second-order valence-electron chi connectivity index (χ2n) is 16.0. The van der Waals surface area contributed by atoms with Crippen LogP contribution in [0.3, 0.4) is 0 Å². The lowest BCUT2D eigenvalue weighted by Gasteiger charge is -2.51. The van der Waals surface area contributed by atoms with E-state index in [1.807, 2.05) is 12.3 Å². The van der Waals surface area contributed by atoms with Crippen molar-refractivity contribution in [2.45, 2.75) is 10.8 Å². The van der Waals surface area contributed by atoms with Gasteiger partial charge in [0, 0.05) is 33.7 Å². The first-order chi connectivity index (χ1) is 29.2. The molecule has 8 aromatic carbocycles. The van der Waals surface area contributed by atoms with E-state index in [-0.39, 0.29) is 0 Å². The minimum atomic E-state index is -0.582. The number of para-hydroxylation sites is 2. The SMILES string of the molecule is c1cc(-c2ccc3c(c2)-c2ccccc2C32c3ccccc3C3(c4ccccc4Oc4ccccc43)c3ccccc32)cc(-c2ccc3ccc4cccnc4c3n2)c1. The van der Waals surface area contributed by atoms with Crippen molar-refractivity contribution in [2.24, 2.45) is 0 Å². The van der Waals surface area contributed by atoms with E-state index < -0.39 is 10.8 Å². The number of hydrogen-bond donors (Lipinski definition) is 0. The number of hydrogen-bond acceptors (Lipinski definition) is 3. The predicted molar refractivity (Wildman–Crippen MR) is 237 cm³/mol. The summed E-state index contributed by atoms with van der Waals surface area (Å²) in [5.74, 6) is 1.80. The molecule has 0 fully saturated rings. The third-order valence-electron chi connectivity index (χ3n) is 13.2. The largest absolute Gasteiger partial charge is 0.457 e. The molecule has 0 saturated heterocycles. The van der Waals surface area contributed by atoms with Crippen molar-refractivity contribution in [3.05, 3.63) is 251 Å². The van der Waals surface area contributed by atoms with Crippen LogP contribution in [-0.4, -0.2) is 9.97 Å². The van der Waals surface area contributed by atoms with Gasteiger partial charge >= 0.3 is 0 Å². The molecule has 0 saturated carbocycles. The van der Waals surface area contributed by atoms with Crippen LogP contribution in [0, 0.1) is 0 Å². The summed E-state index contributed by atoms with van der Waals surface area (Å²) < 4.78 is 6.69. The highest BCUT2D eigenvalue weighted by Crippen LogP contribution is 2.67. The summed E-state index contributed by atoms with van der Waals surface area (Å²) in [6.45, 7) is 0. The van der Waals surface area contributed by atoms with E-state index in [9.17, 15) is 0 Å². The maximum atomic E-state index is 6.69. The molecule has 3 heteroatoms. The molecule has 3 heterocycles. The molecule has 13 rings (SSSR count). The normalized spacial score (nSPS) is 14.5. The van der Waals surface area contributed by atoms with Gasteiger partial charge in [0.25, 0.3) is 0 Å². The molecule has 0 N–H and O–H groups in total. The van der Waals surface area contributed by atoms with Gasteiger partial charge in [0.05, 0.1) is 27.6 Å². The van der Waals surface area contributed by atoms with Crippen molar-refractivity contribution in [1.82, 2.24) is 9.97 Å². The number of fused-ring (bicyclic) bond motifs is 18. The molecule has 3 aliphatic rings. The van der Waals surface area contributed by atoms with Gasteiger partial charge in [-0.25, -0.2) is 4.98 Å². The molecular weight excluding hydrogens is 717 g/mol. The fourth-order valence-corrected chi connectivity index (χ4v) is 10.9. The van der Waals surface area contributed by atoms with Crippen LogP contribution < -0.4 is 4.74 Å². The Bertz CT molecular complexity index is 3300. The number of pyridine rings is 2. The molecule has 0 atom stereocenters. The lowest BCUT2D eigenvalue weighted by Crippen LogP contribution is -2.45. The summed E-state index contributed by atoms with van der Waals surface area (Å²) in [5, 5.41) is 2.18. The monoisotopic (exact) mass is 750 g/mol. The quantitative estimate of drug-likeness (QED) is 0.165. The van der Waals surface area contributed by atoms with Gasteiger partial charge in [-0.3, -0.25) is 4.98 Å². The van der Waals surface area contributed by atoms with Gasteiger partial charge in [0.1, 0.15) is 11.5 Å². The van der Waals surface area contributed by atoms with E-state index in [4.69, 9.17) is 14.7 Å². The molecule has 3 nitrogen and oxygen atoms in total. The van der Waals surface area contributed by atoms with Crippen LogP contribution in [-0.2, 0) is 10.8 Å². The Morgan fingerprint density at radius 3 is 1.56 bits per heavy atom. The molecule has 274 valence electrons. The first kappa shape index (κ1) is 32.5. The third-order valence-corrected chi connectivity index (χ3v) is 13.2. The summed E-state index contributed by atoms with van der Waals surface area (Å²) in [4.78, 5) is 9.89. The van der Waals surface area contributed by atoms with E-state index in [1.165, 1.54) is 61.2 Å². The lowest BCUT2D eigenvalue weighted by atomic mass is 9.51. The molecule has 0 radical (unpaired) electrons. The smallest absolute Gasteiger partial charge is 0.132 e. The van der Waals surface area contributed by atoms with Crippen LogP contribution >= 0.6 is 0 Å². The van der Waals surface area contributed by atoms with Crippen LogP contribution in [0.15, 0.2) is 206 Å². The Labute approximate surface area is 341 Å². The van der Waals surface area contributed by atoms with Crippen molar-refractivity contribution in [3.8, 4) is 45.0 Å². The summed E-state index contributed by atoms with van der Waals surface area (Å²) in [7, 11) is 0. The number of nitrogens with zero attached hydrogens (tertiary/aromatic N) is 2. The van der Waals surface area contributed by atoms with Crippen LogP contribution in [0.5, 0.6) is 11.5 Å². The van der Waals surface area contributed by atoms with Gasteiger partial charge in [-0.2, -0.15) is 0 Å². The van der Waals surface area contributed by atoms with E-state index in [1.54, 1.807) is 0 Å². The Morgan fingerprint density at radius 2 is 0.864 bits per heavy atom. The average Bonchev–Trinajstić information content (AvgIpc) is 3.60. The molecule has 0 amide bonds. The second kappa shape index (κ2) is 12.0. The van der Waals surface area contributed by atoms with Crippen molar-refractivity contribution in [1.29, 1.82) is 0 Å². The molecule has 0 unspecified atom stereocenters. The van der Waals surface area contributed by atoms with Gasteiger partial charge in [-0.05, 0) is 92.0 Å². The van der Waals surface area contributed by atoms with Crippen LogP contribution in [0.2, 0.25) is 0 Å². The highest BCUT2D eigenvalue weighted by molar-refractivity contribution is 6.03. The minimum absolute atomic E-state index is 0.543. The Kier molecular flexibility index (Phi) is 6.58. The molecule has 59 heavy (non-hydrogen) atoms. The maximum Gasteiger partial charge on any atom is 0.132 e. The molecule has 2 aromatic heterocycles. The number of rotatable bonds is 2. The lowest BCUT2D eigenvalue weighted by molar-refractivity contribution is 0.429. The highest BCUT2D eigenvalue weighted by Gasteiger charge is 2.58. The van der Waals surface area contributed by atoms with Gasteiger partial charge in [-0.1, -0.05) is 164 Å². The van der Waals surface area contributed by atoms with Crippen molar-refractivity contribution >= 4 is 21.8 Å². The zero-order valence-electron chi connectivity index (χ0n) is 31.9. The fraction of sp³-hybridized carbons (Fsp3) is 0.0357. The fourth-order valence-electron chi connectivity index (χ4n) is 10.9. The van der Waals surface area contributed by atoms with E-state index in [2.05, 4.69) is 194 Å². The molecule has 2 aliphatic carbocycles. The van der Waals surface area contributed by atoms with Crippen LogP contribution in [0.1, 0.15) is 44.5 Å². The predicted octanol–water partition coefficient (Wildman–Crippen LogP) is 13.3. The minimum Gasteiger partial charge on any atom is -0.457 e. The highest BCUT2D eigenvalue weighted by atomic mass is 16.5. The van der Waals surface area contributed by atoms with Gasteiger partial charge in [0.2, 0.25) is 0 Å². The summed E-state index contributed by atoms with van der Waals surface area (Å²) in [5.41, 5.74) is 17.7. The topological polar surface area (TPSA) is 35.0 Å². The molecular formula is C56H34N2O. The van der Waals surface area contributed by atoms with Crippen LogP contribution in [0.4, 0.5) is 0 Å². The first-order valence-corrected chi connectivity index (χ1v) is 20.3. The number of aromatic nitrogens is 2. The molecule has 10 aromatic rings. The standard InChI is InChI=1S/C56H34N2O/c1-2-17-42-40(16-1)41-34-38(37-13-11-14-39(33-37)50-31-29-36-27-26-35-15-12-32-57-53(35)54(36)58-50)28-30-43(41)55(42)44-18-3-5-20-46(44)56(47-21-6-4-19-45(47)55)48-22-7-9-24-51(48)59-52-25-10-8-23-49(52)56/h1-34H. The van der Waals surface area contributed by atoms with E-state index in [0.29, 0.717) is 0 Å². The van der Waals surface area contributed by atoms with Gasteiger partial charge in [0.15, 0.2) is 0 Å². The molecule has 0 bridgehead atoms. The van der Waals surface area contributed by atoms with Crippen molar-refractivity contribution in [3.63, 3.8) is 0 Å². The zero-order valence-corrected chi connectivity index (χ0v) is 31.9. The maximum absolute atomic E-state index is 6.69. The molecule has 2 spiro atoms. The summed E-state index contributed by atoms with van der Waals surface area (Å²) in [6.07, 6.45) is 1.85. The van der Waals surface area contributed by atoms with Gasteiger partial charge < -0.3 is 4.74 Å². The van der Waals surface area contributed by atoms with Crippen molar-refractivity contribution < 1.29 is 4.74 Å². The second-order valence-corrected chi connectivity index (χ2v) is 16.0. The average molecular weight is 751 g/mol. The Hall–Kier alpha value is -7.62. The summed E-state index contributed by atoms with van der Waals surface area (Å²) >= 11 is 0. The van der Waals surface area contributed by atoms with Gasteiger partial charge in [-0.15, -0.1) is 0 Å². The third kappa shape index (κ3) is 4.21. The first-order valence-electron chi connectivity index (χ1n) is 20.3. The van der Waals surface area contributed by atoms with Crippen molar-refractivity contribution in [2.75, 3.05) is 0 Å². The Balaban J connectivity index is 1.03.